The SMILES string of the molecule is COc1ccc(C)c(C2=CC(N)(c3ccc(Cl)cc3)N=C(N)N2)c1. The molecule has 24 heavy (non-hydrogen) atoms. The lowest BCUT2D eigenvalue weighted by molar-refractivity contribution is 0.414. The van der Waals surface area contributed by atoms with Gasteiger partial charge in [-0.1, -0.05) is 29.8 Å². The number of methoxy groups -OCH3 is 1. The summed E-state index contributed by atoms with van der Waals surface area (Å²) in [7, 11) is 1.63. The van der Waals surface area contributed by atoms with Crippen LogP contribution in [0.5, 0.6) is 5.75 Å². The third-order valence-corrected chi connectivity index (χ3v) is 4.23. The molecule has 124 valence electrons. The standard InChI is InChI=1S/C18H19ClN4O/c1-11-3-8-14(24-2)9-15(11)16-10-18(21,23-17(20)22-16)12-4-6-13(19)7-5-12/h3-10H,21H2,1-2H3,(H3,20,22,23). The van der Waals surface area contributed by atoms with E-state index < -0.39 is 5.66 Å². The first-order valence-electron chi connectivity index (χ1n) is 7.46. The van der Waals surface area contributed by atoms with E-state index in [9.17, 15) is 0 Å². The number of hydrogen-bond acceptors (Lipinski definition) is 5. The average Bonchev–Trinajstić information content (AvgIpc) is 2.55. The molecule has 2 aromatic rings. The second kappa shape index (κ2) is 6.19. The van der Waals surface area contributed by atoms with Gasteiger partial charge in [0.05, 0.1) is 7.11 Å². The van der Waals surface area contributed by atoms with Crippen molar-refractivity contribution in [3.8, 4) is 5.75 Å². The van der Waals surface area contributed by atoms with E-state index >= 15 is 0 Å². The molecule has 0 bridgehead atoms. The lowest BCUT2D eigenvalue weighted by Gasteiger charge is -2.29. The topological polar surface area (TPSA) is 85.7 Å². The average molecular weight is 343 g/mol. The van der Waals surface area contributed by atoms with Gasteiger partial charge in [-0.2, -0.15) is 0 Å². The Labute approximate surface area is 146 Å². The van der Waals surface area contributed by atoms with Crippen LogP contribution in [0.25, 0.3) is 5.70 Å². The van der Waals surface area contributed by atoms with Gasteiger partial charge >= 0.3 is 0 Å². The maximum absolute atomic E-state index is 6.51. The summed E-state index contributed by atoms with van der Waals surface area (Å²) in [6, 6.07) is 13.1. The molecule has 0 spiro atoms. The quantitative estimate of drug-likeness (QED) is 0.800. The number of aliphatic imine (C=N–C) groups is 1. The Morgan fingerprint density at radius 3 is 2.54 bits per heavy atom. The van der Waals surface area contributed by atoms with Crippen LogP contribution < -0.4 is 21.5 Å². The third-order valence-electron chi connectivity index (χ3n) is 3.97. The Balaban J connectivity index is 2.09. The fourth-order valence-electron chi connectivity index (χ4n) is 2.68. The monoisotopic (exact) mass is 342 g/mol. The normalized spacial score (nSPS) is 20.0. The zero-order valence-electron chi connectivity index (χ0n) is 13.5. The highest BCUT2D eigenvalue weighted by molar-refractivity contribution is 6.30. The number of guanidine groups is 1. The fraction of sp³-hybridized carbons (Fsp3) is 0.167. The summed E-state index contributed by atoms with van der Waals surface area (Å²) in [5, 5.41) is 3.73. The molecule has 5 nitrogen and oxygen atoms in total. The Hall–Kier alpha value is -2.50. The summed E-state index contributed by atoms with van der Waals surface area (Å²) in [6.45, 7) is 2.01. The first kappa shape index (κ1) is 16.4. The van der Waals surface area contributed by atoms with Crippen LogP contribution >= 0.6 is 11.6 Å². The molecule has 0 amide bonds. The minimum Gasteiger partial charge on any atom is -0.497 e. The highest BCUT2D eigenvalue weighted by Crippen LogP contribution is 2.31. The van der Waals surface area contributed by atoms with Gasteiger partial charge in [-0.3, -0.25) is 5.73 Å². The maximum atomic E-state index is 6.51. The van der Waals surface area contributed by atoms with Gasteiger partial charge in [0.25, 0.3) is 0 Å². The third kappa shape index (κ3) is 3.09. The molecule has 1 aliphatic rings. The van der Waals surface area contributed by atoms with Gasteiger partial charge in [-0.05, 0) is 48.4 Å². The van der Waals surface area contributed by atoms with Crippen molar-refractivity contribution in [3.05, 3.63) is 70.3 Å². The summed E-state index contributed by atoms with van der Waals surface area (Å²) in [6.07, 6.45) is 1.86. The number of nitrogens with one attached hydrogen (secondary N) is 1. The van der Waals surface area contributed by atoms with E-state index in [0.717, 1.165) is 28.1 Å². The van der Waals surface area contributed by atoms with Gasteiger partial charge in [-0.25, -0.2) is 4.99 Å². The highest BCUT2D eigenvalue weighted by Gasteiger charge is 2.29. The van der Waals surface area contributed by atoms with E-state index in [1.807, 2.05) is 43.3 Å². The molecule has 0 saturated carbocycles. The van der Waals surface area contributed by atoms with E-state index in [0.29, 0.717) is 5.02 Å². The number of rotatable bonds is 3. The van der Waals surface area contributed by atoms with Crippen LogP contribution in [0.1, 0.15) is 16.7 Å². The molecule has 0 aromatic heterocycles. The molecule has 1 unspecified atom stereocenters. The zero-order chi connectivity index (χ0) is 17.3. The lowest BCUT2D eigenvalue weighted by Crippen LogP contribution is -2.44. The smallest absolute Gasteiger partial charge is 0.195 e. The minimum absolute atomic E-state index is 0.257. The number of hydrogen-bond donors (Lipinski definition) is 3. The summed E-state index contributed by atoms with van der Waals surface area (Å²) in [5.41, 5.74) is 15.0. The molecule has 0 radical (unpaired) electrons. The van der Waals surface area contributed by atoms with E-state index in [1.165, 1.54) is 0 Å². The molecule has 1 aliphatic heterocycles. The molecule has 0 saturated heterocycles. The summed E-state index contributed by atoms with van der Waals surface area (Å²) < 4.78 is 5.31. The second-order valence-electron chi connectivity index (χ2n) is 5.69. The summed E-state index contributed by atoms with van der Waals surface area (Å²) in [5.74, 6) is 1.01. The lowest BCUT2D eigenvalue weighted by atomic mass is 9.95. The molecule has 1 atom stereocenters. The van der Waals surface area contributed by atoms with Gasteiger partial charge < -0.3 is 15.8 Å². The van der Waals surface area contributed by atoms with E-state index in [-0.39, 0.29) is 5.96 Å². The molecule has 3 rings (SSSR count). The van der Waals surface area contributed by atoms with Gasteiger partial charge in [0, 0.05) is 16.3 Å². The Morgan fingerprint density at radius 1 is 1.17 bits per heavy atom. The van der Waals surface area contributed by atoms with Crippen molar-refractivity contribution in [2.24, 2.45) is 16.5 Å². The van der Waals surface area contributed by atoms with Crippen molar-refractivity contribution in [2.45, 2.75) is 12.6 Å². The van der Waals surface area contributed by atoms with E-state index in [1.54, 1.807) is 19.2 Å². The fourth-order valence-corrected chi connectivity index (χ4v) is 2.81. The largest absolute Gasteiger partial charge is 0.497 e. The molecular weight excluding hydrogens is 324 g/mol. The number of ether oxygens (including phenoxy) is 1. The number of nitrogens with two attached hydrogens (primary N) is 2. The van der Waals surface area contributed by atoms with Crippen molar-refractivity contribution >= 4 is 23.3 Å². The van der Waals surface area contributed by atoms with Gasteiger partial charge in [0.15, 0.2) is 11.6 Å². The van der Waals surface area contributed by atoms with Crippen LogP contribution in [-0.2, 0) is 5.66 Å². The van der Waals surface area contributed by atoms with E-state index in [4.69, 9.17) is 27.8 Å². The Morgan fingerprint density at radius 2 is 1.88 bits per heavy atom. The first-order valence-corrected chi connectivity index (χ1v) is 7.84. The predicted octanol–water partition coefficient (Wildman–Crippen LogP) is 2.73. The van der Waals surface area contributed by atoms with Crippen LogP contribution in [0.2, 0.25) is 5.02 Å². The minimum atomic E-state index is -1.06. The Bertz CT molecular complexity index is 829. The predicted molar refractivity (Wildman–Crippen MR) is 97.8 cm³/mol. The number of halogens is 1. The molecule has 2 aromatic carbocycles. The van der Waals surface area contributed by atoms with Gasteiger partial charge in [-0.15, -0.1) is 0 Å². The number of aryl methyl sites for hydroxylation is 1. The number of benzene rings is 2. The van der Waals surface area contributed by atoms with Crippen LogP contribution in [0.3, 0.4) is 0 Å². The Kier molecular flexibility index (Phi) is 4.22. The van der Waals surface area contributed by atoms with Gasteiger partial charge in [0.1, 0.15) is 5.75 Å². The zero-order valence-corrected chi connectivity index (χ0v) is 14.3. The summed E-state index contributed by atoms with van der Waals surface area (Å²) in [4.78, 5) is 4.37. The van der Waals surface area contributed by atoms with Crippen molar-refractivity contribution < 1.29 is 4.74 Å². The summed E-state index contributed by atoms with van der Waals surface area (Å²) >= 11 is 5.96. The van der Waals surface area contributed by atoms with Crippen molar-refractivity contribution in [3.63, 3.8) is 0 Å². The van der Waals surface area contributed by atoms with Crippen LogP contribution in [0.15, 0.2) is 53.5 Å². The first-order chi connectivity index (χ1) is 11.4. The van der Waals surface area contributed by atoms with Crippen molar-refractivity contribution in [1.82, 2.24) is 5.32 Å². The molecule has 5 N–H and O–H groups in total. The highest BCUT2D eigenvalue weighted by atomic mass is 35.5. The number of nitrogens with zero attached hydrogens (tertiary/aromatic N) is 1. The molecule has 0 aliphatic carbocycles. The molecule has 1 heterocycles. The van der Waals surface area contributed by atoms with Gasteiger partial charge in [0.2, 0.25) is 0 Å². The molecule has 6 heteroatoms. The van der Waals surface area contributed by atoms with E-state index in [2.05, 4.69) is 10.3 Å². The second-order valence-corrected chi connectivity index (χ2v) is 6.13. The molecule has 0 fully saturated rings. The molecular formula is C18H19ClN4O. The van der Waals surface area contributed by atoms with Crippen molar-refractivity contribution in [1.29, 1.82) is 0 Å². The van der Waals surface area contributed by atoms with Crippen LogP contribution in [0.4, 0.5) is 0 Å². The van der Waals surface area contributed by atoms with Crippen LogP contribution in [-0.4, -0.2) is 13.1 Å². The van der Waals surface area contributed by atoms with Crippen molar-refractivity contribution in [2.75, 3.05) is 7.11 Å². The maximum Gasteiger partial charge on any atom is 0.195 e. The van der Waals surface area contributed by atoms with Crippen LogP contribution in [0, 0.1) is 6.92 Å².